The van der Waals surface area contributed by atoms with E-state index < -0.39 is 5.97 Å². The molecule has 0 saturated carbocycles. The van der Waals surface area contributed by atoms with Gasteiger partial charge in [-0.2, -0.15) is 0 Å². The molecule has 0 aliphatic rings. The summed E-state index contributed by atoms with van der Waals surface area (Å²) in [7, 11) is 3.32. The van der Waals surface area contributed by atoms with Crippen molar-refractivity contribution >= 4 is 33.6 Å². The van der Waals surface area contributed by atoms with Gasteiger partial charge in [-0.15, -0.1) is 0 Å². The molecule has 0 saturated heterocycles. The highest BCUT2D eigenvalue weighted by Gasteiger charge is 2.15. The molecule has 0 N–H and O–H groups in total. The molecule has 0 aliphatic heterocycles. The number of benzene rings is 3. The summed E-state index contributed by atoms with van der Waals surface area (Å²) >= 11 is 0. The van der Waals surface area contributed by atoms with Crippen LogP contribution in [-0.4, -0.2) is 42.5 Å². The predicted molar refractivity (Wildman–Crippen MR) is 119 cm³/mol. The summed E-state index contributed by atoms with van der Waals surface area (Å²) in [5.74, 6) is -0.105. The van der Waals surface area contributed by atoms with Crippen LogP contribution in [0.5, 0.6) is 5.75 Å². The Hall–Kier alpha value is -3.93. The van der Waals surface area contributed by atoms with E-state index in [1.807, 2.05) is 66.7 Å². The number of carbonyl (C=O) groups is 2. The maximum atomic E-state index is 12.5. The Morgan fingerprint density at radius 1 is 0.903 bits per heavy atom. The summed E-state index contributed by atoms with van der Waals surface area (Å²) in [6, 6.07) is 22.8. The average molecular weight is 414 g/mol. The Balaban J connectivity index is 1.36. The van der Waals surface area contributed by atoms with Crippen LogP contribution in [0.25, 0.3) is 21.7 Å². The van der Waals surface area contributed by atoms with Gasteiger partial charge in [0.2, 0.25) is 0 Å². The number of fused-ring (bicyclic) bond motifs is 2. The molecular weight excluding hydrogens is 392 g/mol. The zero-order valence-electron chi connectivity index (χ0n) is 17.4. The highest BCUT2D eigenvalue weighted by atomic mass is 16.5. The van der Waals surface area contributed by atoms with Crippen molar-refractivity contribution in [2.45, 2.75) is 6.54 Å². The molecule has 0 unspecified atom stereocenters. The maximum absolute atomic E-state index is 12.5. The fraction of sp³-hybridized carbons (Fsp3) is 0.160. The molecule has 4 rings (SSSR count). The maximum Gasteiger partial charge on any atom is 0.357 e. The van der Waals surface area contributed by atoms with Crippen molar-refractivity contribution in [2.75, 3.05) is 20.8 Å². The molecule has 6 nitrogen and oxygen atoms in total. The number of aromatic nitrogens is 1. The molecule has 3 aromatic carbocycles. The first-order chi connectivity index (χ1) is 15.0. The van der Waals surface area contributed by atoms with Crippen LogP contribution in [-0.2, 0) is 16.1 Å². The van der Waals surface area contributed by atoms with Gasteiger partial charge in [0.25, 0.3) is 5.91 Å². The molecule has 156 valence electrons. The van der Waals surface area contributed by atoms with Crippen LogP contribution in [0.4, 0.5) is 0 Å². The molecule has 1 amide bonds. The number of likely N-dealkylation sites (N-methyl/N-ethyl adjacent to an activating group) is 1. The highest BCUT2D eigenvalue weighted by Crippen LogP contribution is 2.22. The molecule has 6 heteroatoms. The molecule has 1 aromatic heterocycles. The highest BCUT2D eigenvalue weighted by molar-refractivity contribution is 5.92. The number of nitrogens with zero attached hydrogens (tertiary/aromatic N) is 2. The minimum atomic E-state index is -0.618. The van der Waals surface area contributed by atoms with E-state index in [0.717, 1.165) is 27.5 Å². The topological polar surface area (TPSA) is 68.7 Å². The number of hydrogen-bond acceptors (Lipinski definition) is 5. The van der Waals surface area contributed by atoms with Gasteiger partial charge in [0.15, 0.2) is 6.61 Å². The second kappa shape index (κ2) is 8.83. The second-order valence-corrected chi connectivity index (χ2v) is 7.26. The summed E-state index contributed by atoms with van der Waals surface area (Å²) in [6.45, 7) is 0.0706. The van der Waals surface area contributed by atoms with E-state index in [4.69, 9.17) is 9.47 Å². The zero-order valence-corrected chi connectivity index (χ0v) is 17.4. The SMILES string of the molecule is COc1ccc2cc(CN(C)C(=O)COC(=O)c3ccc4ccccc4n3)ccc2c1. The van der Waals surface area contributed by atoms with Gasteiger partial charge in [-0.1, -0.05) is 42.5 Å². The summed E-state index contributed by atoms with van der Waals surface area (Å²) in [5, 5.41) is 3.06. The van der Waals surface area contributed by atoms with E-state index >= 15 is 0 Å². The van der Waals surface area contributed by atoms with Crippen LogP contribution in [0.2, 0.25) is 0 Å². The van der Waals surface area contributed by atoms with Crippen molar-refractivity contribution in [1.29, 1.82) is 0 Å². The monoisotopic (exact) mass is 414 g/mol. The van der Waals surface area contributed by atoms with Crippen LogP contribution < -0.4 is 4.74 Å². The van der Waals surface area contributed by atoms with E-state index in [1.165, 1.54) is 4.90 Å². The van der Waals surface area contributed by atoms with Crippen molar-refractivity contribution in [3.63, 3.8) is 0 Å². The molecule has 0 bridgehead atoms. The molecule has 4 aromatic rings. The van der Waals surface area contributed by atoms with Crippen molar-refractivity contribution < 1.29 is 19.1 Å². The normalized spacial score (nSPS) is 10.8. The van der Waals surface area contributed by atoms with Crippen LogP contribution >= 0.6 is 0 Å². The number of hydrogen-bond donors (Lipinski definition) is 0. The summed E-state index contributed by atoms with van der Waals surface area (Å²) in [4.78, 5) is 30.6. The number of methoxy groups -OCH3 is 1. The molecule has 1 heterocycles. The minimum Gasteiger partial charge on any atom is -0.497 e. The Morgan fingerprint density at radius 2 is 1.65 bits per heavy atom. The lowest BCUT2D eigenvalue weighted by molar-refractivity contribution is -0.133. The first-order valence-electron chi connectivity index (χ1n) is 9.87. The van der Waals surface area contributed by atoms with Gasteiger partial charge in [-0.05, 0) is 46.7 Å². The van der Waals surface area contributed by atoms with Gasteiger partial charge in [0.05, 0.1) is 12.6 Å². The van der Waals surface area contributed by atoms with E-state index in [2.05, 4.69) is 4.98 Å². The Labute approximate surface area is 180 Å². The quantitative estimate of drug-likeness (QED) is 0.442. The summed E-state index contributed by atoms with van der Waals surface area (Å²) in [5.41, 5.74) is 1.87. The molecule has 0 fully saturated rings. The molecular formula is C25H22N2O4. The van der Waals surface area contributed by atoms with Gasteiger partial charge < -0.3 is 14.4 Å². The van der Waals surface area contributed by atoms with Gasteiger partial charge in [-0.3, -0.25) is 4.79 Å². The number of esters is 1. The third-order valence-corrected chi connectivity index (χ3v) is 5.09. The van der Waals surface area contributed by atoms with Gasteiger partial charge >= 0.3 is 5.97 Å². The lowest BCUT2D eigenvalue weighted by atomic mass is 10.1. The summed E-state index contributed by atoms with van der Waals surface area (Å²) in [6.07, 6.45) is 0. The van der Waals surface area contributed by atoms with E-state index in [0.29, 0.717) is 12.1 Å². The van der Waals surface area contributed by atoms with Crippen LogP contribution in [0.1, 0.15) is 16.1 Å². The van der Waals surface area contributed by atoms with E-state index in [-0.39, 0.29) is 18.2 Å². The van der Waals surface area contributed by atoms with E-state index in [1.54, 1.807) is 20.2 Å². The largest absolute Gasteiger partial charge is 0.497 e. The fourth-order valence-electron chi connectivity index (χ4n) is 3.35. The number of rotatable bonds is 6. The van der Waals surface area contributed by atoms with Crippen LogP contribution in [0.15, 0.2) is 72.8 Å². The van der Waals surface area contributed by atoms with Crippen LogP contribution in [0, 0.1) is 0 Å². The Bertz CT molecular complexity index is 1270. The van der Waals surface area contributed by atoms with Gasteiger partial charge in [0.1, 0.15) is 11.4 Å². The lowest BCUT2D eigenvalue weighted by Gasteiger charge is -2.17. The minimum absolute atomic E-state index is 0.180. The Morgan fingerprint density at radius 3 is 2.48 bits per heavy atom. The lowest BCUT2D eigenvalue weighted by Crippen LogP contribution is -2.30. The molecule has 31 heavy (non-hydrogen) atoms. The summed E-state index contributed by atoms with van der Waals surface area (Å²) < 4.78 is 10.4. The fourth-order valence-corrected chi connectivity index (χ4v) is 3.35. The van der Waals surface area contributed by atoms with Crippen molar-refractivity contribution in [2.24, 2.45) is 0 Å². The van der Waals surface area contributed by atoms with Crippen molar-refractivity contribution in [3.8, 4) is 5.75 Å². The zero-order chi connectivity index (χ0) is 21.8. The predicted octanol–water partition coefficient (Wildman–Crippen LogP) is 4.21. The number of amides is 1. The first-order valence-corrected chi connectivity index (χ1v) is 9.87. The molecule has 0 aliphatic carbocycles. The number of ether oxygens (including phenoxy) is 2. The standard InChI is InChI=1S/C25H22N2O4/c1-27(15-17-7-8-20-14-21(30-2)11-9-19(20)13-17)24(28)16-31-25(29)23-12-10-18-5-3-4-6-22(18)26-23/h3-14H,15-16H2,1-2H3. The van der Waals surface area contributed by atoms with Gasteiger partial charge in [0, 0.05) is 19.0 Å². The smallest absolute Gasteiger partial charge is 0.357 e. The third-order valence-electron chi connectivity index (χ3n) is 5.09. The van der Waals surface area contributed by atoms with Crippen LogP contribution in [0.3, 0.4) is 0 Å². The van der Waals surface area contributed by atoms with E-state index in [9.17, 15) is 9.59 Å². The number of pyridine rings is 1. The second-order valence-electron chi connectivity index (χ2n) is 7.26. The molecule has 0 atom stereocenters. The third kappa shape index (κ3) is 4.64. The number of carbonyl (C=O) groups excluding carboxylic acids is 2. The van der Waals surface area contributed by atoms with Crippen molar-refractivity contribution in [1.82, 2.24) is 9.88 Å². The average Bonchev–Trinajstić information content (AvgIpc) is 2.81. The molecule has 0 spiro atoms. The number of para-hydroxylation sites is 1. The Kier molecular flexibility index (Phi) is 5.80. The van der Waals surface area contributed by atoms with Gasteiger partial charge in [-0.25, -0.2) is 9.78 Å². The first kappa shape index (κ1) is 20.3. The molecule has 0 radical (unpaired) electrons. The van der Waals surface area contributed by atoms with Crippen molar-refractivity contribution in [3.05, 3.63) is 84.1 Å².